The number of ether oxygens (including phenoxy) is 2. The van der Waals surface area contributed by atoms with E-state index >= 15 is 0 Å². The van der Waals surface area contributed by atoms with Crippen molar-refractivity contribution in [3.8, 4) is 5.88 Å². The minimum atomic E-state index is -1.24. The number of hydrogen-bond acceptors (Lipinski definition) is 6. The van der Waals surface area contributed by atoms with Gasteiger partial charge in [0.1, 0.15) is 5.69 Å². The Bertz CT molecular complexity index is 545. The highest BCUT2D eigenvalue weighted by atomic mass is 16.5. The molecule has 0 saturated carbocycles. The standard InChI is InChI=1S/C13H18N4O5/c1-21-12-9(14-7-10(16-12)17-13(19)20)6-15-11(18)8-2-4-22-5-3-8/h7-8H,2-6H2,1H3,(H,15,18)(H,16,17)(H,19,20). The van der Waals surface area contributed by atoms with E-state index < -0.39 is 6.09 Å². The summed E-state index contributed by atoms with van der Waals surface area (Å²) in [7, 11) is 1.40. The number of nitrogens with one attached hydrogen (secondary N) is 2. The number of amides is 2. The van der Waals surface area contributed by atoms with Gasteiger partial charge in [-0.25, -0.2) is 9.78 Å². The van der Waals surface area contributed by atoms with Crippen LogP contribution in [0.15, 0.2) is 6.20 Å². The molecule has 1 aromatic rings. The van der Waals surface area contributed by atoms with E-state index in [2.05, 4.69) is 20.6 Å². The SMILES string of the molecule is COc1nc(NC(=O)O)cnc1CNC(=O)C1CCOCC1. The Balaban J connectivity index is 1.96. The van der Waals surface area contributed by atoms with Crippen molar-refractivity contribution in [3.05, 3.63) is 11.9 Å². The molecule has 0 aliphatic carbocycles. The Morgan fingerprint density at radius 1 is 1.45 bits per heavy atom. The van der Waals surface area contributed by atoms with Crippen molar-refractivity contribution in [1.29, 1.82) is 0 Å². The van der Waals surface area contributed by atoms with Crippen molar-refractivity contribution in [1.82, 2.24) is 15.3 Å². The van der Waals surface area contributed by atoms with Crippen LogP contribution in [0, 0.1) is 5.92 Å². The fraction of sp³-hybridized carbons (Fsp3) is 0.538. The number of aromatic nitrogens is 2. The van der Waals surface area contributed by atoms with E-state index in [-0.39, 0.29) is 30.1 Å². The summed E-state index contributed by atoms with van der Waals surface area (Å²) >= 11 is 0. The van der Waals surface area contributed by atoms with Gasteiger partial charge in [0.2, 0.25) is 11.8 Å². The molecule has 0 radical (unpaired) electrons. The third-order valence-electron chi connectivity index (χ3n) is 3.26. The second-order valence-corrected chi connectivity index (χ2v) is 4.75. The average Bonchev–Trinajstić information content (AvgIpc) is 2.53. The normalized spacial score (nSPS) is 15.1. The first kappa shape index (κ1) is 16.0. The largest absolute Gasteiger partial charge is 0.480 e. The summed E-state index contributed by atoms with van der Waals surface area (Å²) in [5.41, 5.74) is 0.429. The van der Waals surface area contributed by atoms with Gasteiger partial charge in [0, 0.05) is 19.1 Å². The predicted octanol–water partition coefficient (Wildman–Crippen LogP) is 0.618. The van der Waals surface area contributed by atoms with Gasteiger partial charge in [-0.3, -0.25) is 10.1 Å². The first-order valence-electron chi connectivity index (χ1n) is 6.85. The second-order valence-electron chi connectivity index (χ2n) is 4.75. The lowest BCUT2D eigenvalue weighted by atomic mass is 9.99. The number of nitrogens with zero attached hydrogens (tertiary/aromatic N) is 2. The van der Waals surface area contributed by atoms with E-state index in [9.17, 15) is 9.59 Å². The van der Waals surface area contributed by atoms with Crippen LogP contribution < -0.4 is 15.4 Å². The molecule has 1 fully saturated rings. The predicted molar refractivity (Wildman–Crippen MR) is 75.6 cm³/mol. The number of carboxylic acid groups (broad SMARTS) is 1. The van der Waals surface area contributed by atoms with Gasteiger partial charge in [0.25, 0.3) is 0 Å². The summed E-state index contributed by atoms with van der Waals surface area (Å²) < 4.78 is 10.3. The number of carbonyl (C=O) groups excluding carboxylic acids is 1. The molecule has 0 bridgehead atoms. The Kier molecular flexibility index (Phi) is 5.48. The maximum absolute atomic E-state index is 12.0. The maximum Gasteiger partial charge on any atom is 0.410 e. The van der Waals surface area contributed by atoms with Crippen molar-refractivity contribution in [2.75, 3.05) is 25.6 Å². The summed E-state index contributed by atoms with van der Waals surface area (Å²) in [4.78, 5) is 30.6. The van der Waals surface area contributed by atoms with E-state index in [1.165, 1.54) is 13.3 Å². The summed E-state index contributed by atoms with van der Waals surface area (Å²) in [5.74, 6) is 0.114. The molecular formula is C13H18N4O5. The molecule has 2 amide bonds. The fourth-order valence-corrected chi connectivity index (χ4v) is 2.13. The third kappa shape index (κ3) is 4.29. The molecule has 0 unspecified atom stereocenters. The van der Waals surface area contributed by atoms with Crippen LogP contribution in [0.3, 0.4) is 0 Å². The molecule has 1 aliphatic rings. The van der Waals surface area contributed by atoms with Gasteiger partial charge >= 0.3 is 6.09 Å². The molecule has 1 aromatic heterocycles. The maximum atomic E-state index is 12.0. The van der Waals surface area contributed by atoms with Crippen molar-refractivity contribution in [2.24, 2.45) is 5.92 Å². The van der Waals surface area contributed by atoms with Gasteiger partial charge in [0.15, 0.2) is 5.82 Å². The monoisotopic (exact) mass is 310 g/mol. The number of anilines is 1. The zero-order valence-electron chi connectivity index (χ0n) is 12.2. The Hall–Kier alpha value is -2.42. The van der Waals surface area contributed by atoms with Gasteiger partial charge < -0.3 is 19.9 Å². The molecule has 120 valence electrons. The minimum absolute atomic E-state index is 0.0549. The van der Waals surface area contributed by atoms with Crippen LogP contribution >= 0.6 is 0 Å². The topological polar surface area (TPSA) is 123 Å². The lowest BCUT2D eigenvalue weighted by Crippen LogP contribution is -2.34. The van der Waals surface area contributed by atoms with Crippen LogP contribution in [-0.2, 0) is 16.1 Å². The summed E-state index contributed by atoms with van der Waals surface area (Å²) in [5, 5.41) is 13.5. The van der Waals surface area contributed by atoms with E-state index in [4.69, 9.17) is 14.6 Å². The Morgan fingerprint density at radius 3 is 2.82 bits per heavy atom. The van der Waals surface area contributed by atoms with Gasteiger partial charge in [-0.1, -0.05) is 0 Å². The van der Waals surface area contributed by atoms with Gasteiger partial charge in [-0.2, -0.15) is 4.98 Å². The van der Waals surface area contributed by atoms with Gasteiger partial charge in [-0.05, 0) is 12.8 Å². The Morgan fingerprint density at radius 2 is 2.18 bits per heavy atom. The minimum Gasteiger partial charge on any atom is -0.480 e. The van der Waals surface area contributed by atoms with Crippen LogP contribution in [0.25, 0.3) is 0 Å². The molecule has 1 aliphatic heterocycles. The van der Waals surface area contributed by atoms with Crippen molar-refractivity contribution < 1.29 is 24.2 Å². The highest BCUT2D eigenvalue weighted by Crippen LogP contribution is 2.17. The average molecular weight is 310 g/mol. The lowest BCUT2D eigenvalue weighted by molar-refractivity contribution is -0.128. The molecule has 9 nitrogen and oxygen atoms in total. The zero-order chi connectivity index (χ0) is 15.9. The molecule has 1 saturated heterocycles. The number of methoxy groups -OCH3 is 1. The molecule has 22 heavy (non-hydrogen) atoms. The number of rotatable bonds is 5. The van der Waals surface area contributed by atoms with Crippen LogP contribution in [0.1, 0.15) is 18.5 Å². The highest BCUT2D eigenvalue weighted by Gasteiger charge is 2.21. The first-order valence-corrected chi connectivity index (χ1v) is 6.85. The Labute approximate surface area is 127 Å². The molecule has 2 rings (SSSR count). The smallest absolute Gasteiger partial charge is 0.410 e. The summed E-state index contributed by atoms with van der Waals surface area (Å²) in [6.07, 6.45) is 1.44. The van der Waals surface area contributed by atoms with E-state index in [0.717, 1.165) is 0 Å². The second kappa shape index (κ2) is 7.55. The molecular weight excluding hydrogens is 292 g/mol. The van der Waals surface area contributed by atoms with Crippen LogP contribution in [0.4, 0.5) is 10.6 Å². The molecule has 2 heterocycles. The highest BCUT2D eigenvalue weighted by molar-refractivity contribution is 5.81. The lowest BCUT2D eigenvalue weighted by Gasteiger charge is -2.21. The van der Waals surface area contributed by atoms with E-state index in [1.54, 1.807) is 0 Å². The van der Waals surface area contributed by atoms with Crippen molar-refractivity contribution in [3.63, 3.8) is 0 Å². The number of carbonyl (C=O) groups is 2. The van der Waals surface area contributed by atoms with Gasteiger partial charge in [-0.15, -0.1) is 0 Å². The zero-order valence-corrected chi connectivity index (χ0v) is 12.2. The summed E-state index contributed by atoms with van der Waals surface area (Å²) in [6, 6.07) is 0. The van der Waals surface area contributed by atoms with E-state index in [1.807, 2.05) is 0 Å². The molecule has 0 atom stereocenters. The van der Waals surface area contributed by atoms with Crippen LogP contribution in [0.2, 0.25) is 0 Å². The van der Waals surface area contributed by atoms with Crippen molar-refractivity contribution >= 4 is 17.8 Å². The van der Waals surface area contributed by atoms with Crippen molar-refractivity contribution in [2.45, 2.75) is 19.4 Å². The molecule has 9 heteroatoms. The first-order chi connectivity index (χ1) is 10.6. The van der Waals surface area contributed by atoms with Crippen LogP contribution in [0.5, 0.6) is 5.88 Å². The van der Waals surface area contributed by atoms with Crippen LogP contribution in [-0.4, -0.2) is 47.4 Å². The summed E-state index contributed by atoms with van der Waals surface area (Å²) in [6.45, 7) is 1.35. The van der Waals surface area contributed by atoms with E-state index in [0.29, 0.717) is 31.7 Å². The molecule has 3 N–H and O–H groups in total. The quantitative estimate of drug-likeness (QED) is 0.728. The van der Waals surface area contributed by atoms with Gasteiger partial charge in [0.05, 0.1) is 19.9 Å². The fourth-order valence-electron chi connectivity index (χ4n) is 2.13. The number of hydrogen-bond donors (Lipinski definition) is 3. The third-order valence-corrected chi connectivity index (χ3v) is 3.26. The molecule has 0 aromatic carbocycles. The molecule has 0 spiro atoms.